The van der Waals surface area contributed by atoms with Crippen LogP contribution >= 0.6 is 22.9 Å². The van der Waals surface area contributed by atoms with Crippen LogP contribution < -0.4 is 4.90 Å². The summed E-state index contributed by atoms with van der Waals surface area (Å²) in [6.07, 6.45) is 2.49. The van der Waals surface area contributed by atoms with E-state index in [9.17, 15) is 4.79 Å². The predicted octanol–water partition coefficient (Wildman–Crippen LogP) is 4.51. The van der Waals surface area contributed by atoms with E-state index >= 15 is 0 Å². The minimum absolute atomic E-state index is 0.159. The van der Waals surface area contributed by atoms with Gasteiger partial charge in [-0.15, -0.1) is 0 Å². The zero-order chi connectivity index (χ0) is 15.0. The number of hydrogen-bond donors (Lipinski definition) is 0. The van der Waals surface area contributed by atoms with E-state index in [0.717, 1.165) is 39.1 Å². The van der Waals surface area contributed by atoms with Crippen molar-refractivity contribution in [1.29, 1.82) is 0 Å². The summed E-state index contributed by atoms with van der Waals surface area (Å²) in [4.78, 5) is 19.6. The van der Waals surface area contributed by atoms with E-state index in [1.807, 2.05) is 25.2 Å². The molecule has 1 aromatic carbocycles. The number of nitrogens with zero attached hydrogens (tertiary/aromatic N) is 2. The van der Waals surface area contributed by atoms with Crippen LogP contribution in [0.25, 0.3) is 0 Å². The summed E-state index contributed by atoms with van der Waals surface area (Å²) in [5.74, 6) is 0.240. The maximum Gasteiger partial charge on any atom is 0.186 e. The van der Waals surface area contributed by atoms with Gasteiger partial charge in [0.2, 0.25) is 0 Å². The van der Waals surface area contributed by atoms with Crippen molar-refractivity contribution in [2.45, 2.75) is 32.2 Å². The zero-order valence-corrected chi connectivity index (χ0v) is 13.7. The van der Waals surface area contributed by atoms with Crippen LogP contribution in [0.4, 0.5) is 5.13 Å². The molecule has 0 radical (unpaired) electrons. The molecule has 1 aliphatic rings. The molecule has 0 bridgehead atoms. The number of thiazole rings is 1. The molecule has 110 valence electrons. The molecule has 1 aromatic heterocycles. The quantitative estimate of drug-likeness (QED) is 0.834. The Hall–Kier alpha value is -1.39. The summed E-state index contributed by atoms with van der Waals surface area (Å²) in [6.45, 7) is 2.12. The van der Waals surface area contributed by atoms with Crippen LogP contribution in [0.5, 0.6) is 0 Å². The number of aromatic nitrogens is 1. The van der Waals surface area contributed by atoms with E-state index in [-0.39, 0.29) is 11.8 Å². The topological polar surface area (TPSA) is 33.2 Å². The highest BCUT2D eigenvalue weighted by Crippen LogP contribution is 2.34. The molecule has 0 N–H and O–H groups in total. The van der Waals surface area contributed by atoms with Gasteiger partial charge in [0.1, 0.15) is 0 Å². The lowest BCUT2D eigenvalue weighted by Crippen LogP contribution is -2.21. The third-order valence-electron chi connectivity index (χ3n) is 3.97. The number of rotatable bonds is 3. The van der Waals surface area contributed by atoms with Crippen molar-refractivity contribution in [3.8, 4) is 0 Å². The minimum Gasteiger partial charge on any atom is -0.344 e. The van der Waals surface area contributed by atoms with E-state index in [0.29, 0.717) is 6.42 Å². The van der Waals surface area contributed by atoms with Crippen molar-refractivity contribution in [2.75, 3.05) is 11.9 Å². The second kappa shape index (κ2) is 5.78. The highest BCUT2D eigenvalue weighted by atomic mass is 35.5. The van der Waals surface area contributed by atoms with Crippen LogP contribution in [-0.2, 0) is 6.42 Å². The molecule has 1 unspecified atom stereocenters. The van der Waals surface area contributed by atoms with Crippen molar-refractivity contribution < 1.29 is 4.79 Å². The fraction of sp³-hybridized carbons (Fsp3) is 0.375. The summed E-state index contributed by atoms with van der Waals surface area (Å²) >= 11 is 7.58. The van der Waals surface area contributed by atoms with E-state index in [4.69, 9.17) is 11.6 Å². The molecule has 0 aliphatic heterocycles. The van der Waals surface area contributed by atoms with Gasteiger partial charge in [0.05, 0.1) is 16.6 Å². The highest BCUT2D eigenvalue weighted by Gasteiger charge is 2.25. The smallest absolute Gasteiger partial charge is 0.186 e. The molecule has 3 nitrogen and oxygen atoms in total. The Kier molecular flexibility index (Phi) is 4.00. The second-order valence-electron chi connectivity index (χ2n) is 5.39. The summed E-state index contributed by atoms with van der Waals surface area (Å²) < 4.78 is 0. The van der Waals surface area contributed by atoms with E-state index in [1.54, 1.807) is 0 Å². The summed E-state index contributed by atoms with van der Waals surface area (Å²) in [5.41, 5.74) is 2.11. The van der Waals surface area contributed by atoms with Crippen molar-refractivity contribution in [1.82, 2.24) is 4.98 Å². The molecule has 0 fully saturated rings. The number of carbonyl (C=O) groups is 1. The molecule has 0 saturated carbocycles. The summed E-state index contributed by atoms with van der Waals surface area (Å²) in [6, 6.07) is 8.02. The lowest BCUT2D eigenvalue weighted by atomic mass is 10.0. The third-order valence-corrected chi connectivity index (χ3v) is 5.43. The predicted molar refractivity (Wildman–Crippen MR) is 87.7 cm³/mol. The normalized spacial score (nSPS) is 15.7. The molecule has 1 atom stereocenters. The number of benzene rings is 1. The van der Waals surface area contributed by atoms with E-state index < -0.39 is 0 Å². The Bertz CT molecular complexity index is 683. The second-order valence-corrected chi connectivity index (χ2v) is 6.80. The van der Waals surface area contributed by atoms with Gasteiger partial charge in [-0.05, 0) is 37.5 Å². The fourth-order valence-corrected chi connectivity index (χ4v) is 3.88. The molecule has 0 amide bonds. The van der Waals surface area contributed by atoms with Gasteiger partial charge in [0, 0.05) is 18.5 Å². The SMILES string of the molecule is CC(c1cccc(Cl)c1)N(C)c1nc2c(s1)C(=O)CCC2. The van der Waals surface area contributed by atoms with Crippen molar-refractivity contribution in [2.24, 2.45) is 0 Å². The first kappa shape index (κ1) is 14.5. The lowest BCUT2D eigenvalue weighted by Gasteiger charge is -2.24. The minimum atomic E-state index is 0.159. The Morgan fingerprint density at radius 3 is 2.90 bits per heavy atom. The molecule has 21 heavy (non-hydrogen) atoms. The molecular formula is C16H17ClN2OS. The molecule has 1 aliphatic carbocycles. The van der Waals surface area contributed by atoms with Crippen molar-refractivity contribution in [3.05, 3.63) is 45.4 Å². The van der Waals surface area contributed by atoms with E-state index in [1.165, 1.54) is 11.3 Å². The van der Waals surface area contributed by atoms with Crippen LogP contribution in [0.2, 0.25) is 5.02 Å². The van der Waals surface area contributed by atoms with E-state index in [2.05, 4.69) is 22.9 Å². The van der Waals surface area contributed by atoms with Gasteiger partial charge in [-0.25, -0.2) is 4.98 Å². The molecule has 0 saturated heterocycles. The average Bonchev–Trinajstić information content (AvgIpc) is 2.91. The van der Waals surface area contributed by atoms with Crippen LogP contribution in [0.15, 0.2) is 24.3 Å². The highest BCUT2D eigenvalue weighted by molar-refractivity contribution is 7.17. The van der Waals surface area contributed by atoms with Crippen LogP contribution in [-0.4, -0.2) is 17.8 Å². The van der Waals surface area contributed by atoms with Gasteiger partial charge in [0.25, 0.3) is 0 Å². The zero-order valence-electron chi connectivity index (χ0n) is 12.1. The molecule has 2 aromatic rings. The standard InChI is InChI=1S/C16H17ClN2OS/c1-10(11-5-3-6-12(17)9-11)19(2)16-18-13-7-4-8-14(20)15(13)21-16/h3,5-6,9-10H,4,7-8H2,1-2H3. The first-order valence-electron chi connectivity index (χ1n) is 7.07. The number of anilines is 1. The first-order chi connectivity index (χ1) is 10.1. The van der Waals surface area contributed by atoms with Gasteiger partial charge >= 0.3 is 0 Å². The monoisotopic (exact) mass is 320 g/mol. The molecule has 1 heterocycles. The van der Waals surface area contributed by atoms with Gasteiger partial charge < -0.3 is 4.90 Å². The van der Waals surface area contributed by atoms with Gasteiger partial charge in [-0.3, -0.25) is 4.79 Å². The van der Waals surface area contributed by atoms with Crippen molar-refractivity contribution in [3.63, 3.8) is 0 Å². The number of halogens is 1. The maximum absolute atomic E-state index is 11.9. The number of hydrogen-bond acceptors (Lipinski definition) is 4. The average molecular weight is 321 g/mol. The Labute approximate surface area is 133 Å². The summed E-state index contributed by atoms with van der Waals surface area (Å²) in [7, 11) is 2.01. The van der Waals surface area contributed by atoms with Gasteiger partial charge in [0.15, 0.2) is 10.9 Å². The largest absolute Gasteiger partial charge is 0.344 e. The molecule has 0 spiro atoms. The Balaban J connectivity index is 1.88. The number of carbonyl (C=O) groups excluding carboxylic acids is 1. The van der Waals surface area contributed by atoms with Crippen LogP contribution in [0.3, 0.4) is 0 Å². The Morgan fingerprint density at radius 1 is 1.38 bits per heavy atom. The molecule has 3 rings (SSSR count). The Morgan fingerprint density at radius 2 is 2.19 bits per heavy atom. The fourth-order valence-electron chi connectivity index (χ4n) is 2.56. The third kappa shape index (κ3) is 2.83. The number of Topliss-reactive ketones (excluding diaryl/α,β-unsaturated/α-hetero) is 1. The summed E-state index contributed by atoms with van der Waals surface area (Å²) in [5, 5.41) is 1.64. The molecule has 5 heteroatoms. The molecular weight excluding hydrogens is 304 g/mol. The lowest BCUT2D eigenvalue weighted by molar-refractivity contribution is 0.0976. The van der Waals surface area contributed by atoms with Gasteiger partial charge in [-0.2, -0.15) is 0 Å². The number of ketones is 1. The number of fused-ring (bicyclic) bond motifs is 1. The maximum atomic E-state index is 11.9. The number of aryl methyl sites for hydroxylation is 1. The van der Waals surface area contributed by atoms with Crippen LogP contribution in [0, 0.1) is 0 Å². The van der Waals surface area contributed by atoms with Crippen LogP contribution in [0.1, 0.15) is 46.7 Å². The van der Waals surface area contributed by atoms with Crippen molar-refractivity contribution >= 4 is 33.9 Å². The first-order valence-corrected chi connectivity index (χ1v) is 8.27. The van der Waals surface area contributed by atoms with Gasteiger partial charge in [-0.1, -0.05) is 35.1 Å².